The Morgan fingerprint density at radius 1 is 1.17 bits per heavy atom. The van der Waals surface area contributed by atoms with Gasteiger partial charge in [-0.05, 0) is 49.0 Å². The molecule has 0 saturated heterocycles. The summed E-state index contributed by atoms with van der Waals surface area (Å²) in [6.07, 6.45) is 5.52. The number of rotatable bonds is 5. The van der Waals surface area contributed by atoms with Gasteiger partial charge in [-0.25, -0.2) is 0 Å². The van der Waals surface area contributed by atoms with Crippen LogP contribution in [0, 0.1) is 19.3 Å². The van der Waals surface area contributed by atoms with Gasteiger partial charge in [0.2, 0.25) is 0 Å². The zero-order chi connectivity index (χ0) is 16.7. The molecule has 2 aromatic carbocycles. The average Bonchev–Trinajstić information content (AvgIpc) is 2.57. The Hall–Kier alpha value is -2.51. The molecule has 2 aromatic rings. The number of hydrogen-bond donors (Lipinski definition) is 1. The number of nitrogens with one attached hydrogen (secondary N) is 1. The van der Waals surface area contributed by atoms with E-state index in [4.69, 9.17) is 23.4 Å². The Morgan fingerprint density at radius 2 is 1.83 bits per heavy atom. The van der Waals surface area contributed by atoms with Gasteiger partial charge in [-0.2, -0.15) is 0 Å². The van der Waals surface area contributed by atoms with Crippen molar-refractivity contribution >= 4 is 28.8 Å². The predicted octanol–water partition coefficient (Wildman–Crippen LogP) is 3.98. The Bertz CT molecular complexity index is 687. The van der Waals surface area contributed by atoms with E-state index in [2.05, 4.69) is 47.3 Å². The molecule has 118 valence electrons. The van der Waals surface area contributed by atoms with Crippen LogP contribution in [0.5, 0.6) is 0 Å². The highest BCUT2D eigenvalue weighted by molar-refractivity contribution is 7.80. The van der Waals surface area contributed by atoms with Crippen molar-refractivity contribution in [3.63, 3.8) is 0 Å². The second-order valence-corrected chi connectivity index (χ2v) is 5.58. The highest BCUT2D eigenvalue weighted by Gasteiger charge is 2.07. The molecule has 0 saturated carbocycles. The smallest absolute Gasteiger partial charge is 0.260 e. The van der Waals surface area contributed by atoms with Crippen LogP contribution in [0.15, 0.2) is 48.5 Å². The average molecular weight is 324 g/mol. The molecule has 0 unspecified atom stereocenters. The minimum Gasteiger partial charge on any atom is -0.474 e. The fraction of sp³-hybridized carbons (Fsp3) is 0.211. The summed E-state index contributed by atoms with van der Waals surface area (Å²) in [5.41, 5.74) is 4.43. The monoisotopic (exact) mass is 324 g/mol. The number of ether oxygens (including phenoxy) is 1. The summed E-state index contributed by atoms with van der Waals surface area (Å²) in [5, 5.41) is 3.34. The first-order chi connectivity index (χ1) is 11.1. The fourth-order valence-corrected chi connectivity index (χ4v) is 2.30. The maximum Gasteiger partial charge on any atom is 0.260 e. The molecule has 0 atom stereocenters. The molecule has 0 radical (unpaired) electrons. The van der Waals surface area contributed by atoms with Crippen molar-refractivity contribution in [2.75, 3.05) is 23.9 Å². The van der Waals surface area contributed by atoms with Gasteiger partial charge in [0, 0.05) is 17.9 Å². The third kappa shape index (κ3) is 5.01. The predicted molar refractivity (Wildman–Crippen MR) is 101 cm³/mol. The molecular weight excluding hydrogens is 304 g/mol. The van der Waals surface area contributed by atoms with Crippen LogP contribution >= 0.6 is 12.2 Å². The maximum absolute atomic E-state index is 5.52. The quantitative estimate of drug-likeness (QED) is 0.664. The standard InChI is InChI=1S/C19H20N2OS/c1-4-13-21(14-16-7-5-15(2)6-8-16)18-11-9-17(10-12-18)20-19(23)22-3/h1,5-12H,13-14H2,2-3H3,(H,20,23). The summed E-state index contributed by atoms with van der Waals surface area (Å²) in [5.74, 6) is 2.72. The molecule has 0 amide bonds. The molecule has 0 heterocycles. The lowest BCUT2D eigenvalue weighted by atomic mass is 10.1. The first-order valence-corrected chi connectivity index (χ1v) is 7.72. The van der Waals surface area contributed by atoms with E-state index in [9.17, 15) is 0 Å². The summed E-state index contributed by atoms with van der Waals surface area (Å²) in [6.45, 7) is 3.41. The number of thiocarbonyl (C=S) groups is 1. The summed E-state index contributed by atoms with van der Waals surface area (Å²) >= 11 is 4.99. The minimum absolute atomic E-state index is 0.345. The first kappa shape index (κ1) is 16.9. The van der Waals surface area contributed by atoms with E-state index in [1.54, 1.807) is 7.11 Å². The van der Waals surface area contributed by atoms with Crippen LogP contribution in [0.3, 0.4) is 0 Å². The molecule has 4 heteroatoms. The first-order valence-electron chi connectivity index (χ1n) is 7.31. The van der Waals surface area contributed by atoms with Crippen LogP contribution in [0.2, 0.25) is 0 Å². The van der Waals surface area contributed by atoms with Crippen molar-refractivity contribution in [2.24, 2.45) is 0 Å². The topological polar surface area (TPSA) is 24.5 Å². The normalized spacial score (nSPS) is 9.78. The largest absolute Gasteiger partial charge is 0.474 e. The lowest BCUT2D eigenvalue weighted by molar-refractivity contribution is 0.413. The van der Waals surface area contributed by atoms with Crippen LogP contribution in [0.25, 0.3) is 0 Å². The van der Waals surface area contributed by atoms with Crippen molar-refractivity contribution in [2.45, 2.75) is 13.5 Å². The van der Waals surface area contributed by atoms with Gasteiger partial charge < -0.3 is 15.0 Å². The Labute approximate surface area is 143 Å². The number of terminal acetylenes is 1. The van der Waals surface area contributed by atoms with Gasteiger partial charge >= 0.3 is 0 Å². The summed E-state index contributed by atoms with van der Waals surface area (Å²) in [6, 6.07) is 16.4. The van der Waals surface area contributed by atoms with Gasteiger partial charge in [-0.15, -0.1) is 6.42 Å². The van der Waals surface area contributed by atoms with E-state index in [0.717, 1.165) is 17.9 Å². The van der Waals surface area contributed by atoms with E-state index in [0.29, 0.717) is 11.7 Å². The number of hydrogen-bond acceptors (Lipinski definition) is 3. The van der Waals surface area contributed by atoms with Crippen LogP contribution in [-0.2, 0) is 11.3 Å². The van der Waals surface area contributed by atoms with Gasteiger partial charge in [-0.1, -0.05) is 35.7 Å². The number of benzene rings is 2. The lowest BCUT2D eigenvalue weighted by Crippen LogP contribution is -2.22. The van der Waals surface area contributed by atoms with Gasteiger partial charge in [0.1, 0.15) is 0 Å². The highest BCUT2D eigenvalue weighted by atomic mass is 32.1. The van der Waals surface area contributed by atoms with E-state index in [1.807, 2.05) is 24.3 Å². The highest BCUT2D eigenvalue weighted by Crippen LogP contribution is 2.20. The van der Waals surface area contributed by atoms with Gasteiger partial charge in [0.05, 0.1) is 13.7 Å². The fourth-order valence-electron chi connectivity index (χ4n) is 2.19. The SMILES string of the molecule is C#CCN(Cc1ccc(C)cc1)c1ccc(NC(=S)OC)cc1. The molecular formula is C19H20N2OS. The number of methoxy groups -OCH3 is 1. The number of nitrogens with zero attached hydrogens (tertiary/aromatic N) is 1. The molecule has 0 spiro atoms. The van der Waals surface area contributed by atoms with E-state index in [-0.39, 0.29) is 0 Å². The molecule has 0 aliphatic carbocycles. The lowest BCUT2D eigenvalue weighted by Gasteiger charge is -2.23. The van der Waals surface area contributed by atoms with Crippen molar-refractivity contribution in [3.8, 4) is 12.3 Å². The van der Waals surface area contributed by atoms with Crippen LogP contribution in [0.1, 0.15) is 11.1 Å². The molecule has 0 aromatic heterocycles. The number of aryl methyl sites for hydroxylation is 1. The maximum atomic E-state index is 5.52. The zero-order valence-electron chi connectivity index (χ0n) is 13.4. The Balaban J connectivity index is 2.12. The van der Waals surface area contributed by atoms with Crippen LogP contribution in [-0.4, -0.2) is 18.8 Å². The van der Waals surface area contributed by atoms with E-state index < -0.39 is 0 Å². The Kier molecular flexibility index (Phi) is 6.02. The molecule has 0 aliphatic heterocycles. The summed E-state index contributed by atoms with van der Waals surface area (Å²) in [7, 11) is 1.54. The summed E-state index contributed by atoms with van der Waals surface area (Å²) in [4.78, 5) is 2.16. The van der Waals surface area contributed by atoms with Crippen molar-refractivity contribution in [1.29, 1.82) is 0 Å². The van der Waals surface area contributed by atoms with Gasteiger partial charge in [-0.3, -0.25) is 0 Å². The van der Waals surface area contributed by atoms with Crippen LogP contribution in [0.4, 0.5) is 11.4 Å². The zero-order valence-corrected chi connectivity index (χ0v) is 14.2. The molecule has 2 rings (SSSR count). The third-order valence-electron chi connectivity index (χ3n) is 3.44. The second-order valence-electron chi connectivity index (χ2n) is 5.21. The van der Waals surface area contributed by atoms with Gasteiger partial charge in [0.15, 0.2) is 0 Å². The minimum atomic E-state index is 0.345. The van der Waals surface area contributed by atoms with Crippen molar-refractivity contribution in [3.05, 3.63) is 59.7 Å². The Morgan fingerprint density at radius 3 is 2.39 bits per heavy atom. The van der Waals surface area contributed by atoms with Crippen molar-refractivity contribution in [1.82, 2.24) is 0 Å². The summed E-state index contributed by atoms with van der Waals surface area (Å²) < 4.78 is 4.94. The molecule has 0 bridgehead atoms. The van der Waals surface area contributed by atoms with Crippen molar-refractivity contribution < 1.29 is 4.74 Å². The molecule has 23 heavy (non-hydrogen) atoms. The van der Waals surface area contributed by atoms with Gasteiger partial charge in [0.25, 0.3) is 5.17 Å². The second kappa shape index (κ2) is 8.21. The van der Waals surface area contributed by atoms with E-state index in [1.165, 1.54) is 11.1 Å². The molecule has 3 nitrogen and oxygen atoms in total. The number of anilines is 2. The van der Waals surface area contributed by atoms with E-state index >= 15 is 0 Å². The molecule has 0 aliphatic rings. The van der Waals surface area contributed by atoms with Crippen LogP contribution < -0.4 is 10.2 Å². The molecule has 0 fully saturated rings. The molecule has 1 N–H and O–H groups in total. The third-order valence-corrected chi connectivity index (χ3v) is 3.71.